The molecule has 4 rings (SSSR count). The number of aromatic nitrogens is 2. The second kappa shape index (κ2) is 5.81. The van der Waals surface area contributed by atoms with Gasteiger partial charge in [-0.15, -0.1) is 0 Å². The predicted octanol–water partition coefficient (Wildman–Crippen LogP) is 2.89. The summed E-state index contributed by atoms with van der Waals surface area (Å²) in [5.41, 5.74) is 3.94. The fourth-order valence-corrected chi connectivity index (χ4v) is 3.24. The maximum Gasteiger partial charge on any atom is 0.0499 e. The smallest absolute Gasteiger partial charge is 0.0499 e. The molecule has 1 fully saturated rings. The molecular weight excluding hydrogens is 272 g/mol. The molecule has 2 aromatic heterocycles. The summed E-state index contributed by atoms with van der Waals surface area (Å²) in [6.45, 7) is 5.36. The lowest BCUT2D eigenvalue weighted by molar-refractivity contribution is 0.250. The molecule has 0 unspecified atom stereocenters. The van der Waals surface area contributed by atoms with Gasteiger partial charge < -0.3 is 9.88 Å². The highest BCUT2D eigenvalue weighted by Gasteiger charge is 2.17. The fourth-order valence-electron chi connectivity index (χ4n) is 3.24. The summed E-state index contributed by atoms with van der Waals surface area (Å²) < 4.78 is 0. The van der Waals surface area contributed by atoms with E-state index < -0.39 is 0 Å². The first-order valence-corrected chi connectivity index (χ1v) is 7.82. The SMILES string of the molecule is c1cc(CN2CCN(c3ccncc3)CC2)c2[nH]ccc2c1. The van der Waals surface area contributed by atoms with Gasteiger partial charge in [-0.25, -0.2) is 0 Å². The monoisotopic (exact) mass is 292 g/mol. The minimum absolute atomic E-state index is 1.02. The van der Waals surface area contributed by atoms with E-state index in [0.29, 0.717) is 0 Å². The lowest BCUT2D eigenvalue weighted by Gasteiger charge is -2.36. The molecule has 0 bridgehead atoms. The van der Waals surface area contributed by atoms with Crippen molar-refractivity contribution < 1.29 is 0 Å². The zero-order chi connectivity index (χ0) is 14.8. The van der Waals surface area contributed by atoms with Crippen molar-refractivity contribution in [3.05, 3.63) is 60.6 Å². The summed E-state index contributed by atoms with van der Waals surface area (Å²) in [7, 11) is 0. The van der Waals surface area contributed by atoms with Gasteiger partial charge in [0, 0.05) is 62.5 Å². The molecule has 1 aliphatic heterocycles. The van der Waals surface area contributed by atoms with Crippen LogP contribution in [0.4, 0.5) is 5.69 Å². The maximum atomic E-state index is 4.09. The maximum absolute atomic E-state index is 4.09. The van der Waals surface area contributed by atoms with Crippen LogP contribution in [-0.2, 0) is 6.54 Å². The molecule has 1 saturated heterocycles. The van der Waals surface area contributed by atoms with Crippen molar-refractivity contribution >= 4 is 16.6 Å². The third kappa shape index (κ3) is 2.57. The van der Waals surface area contributed by atoms with Crippen molar-refractivity contribution in [3.8, 4) is 0 Å². The van der Waals surface area contributed by atoms with Crippen LogP contribution in [0.25, 0.3) is 10.9 Å². The lowest BCUT2D eigenvalue weighted by Crippen LogP contribution is -2.46. The van der Waals surface area contributed by atoms with Gasteiger partial charge in [0.25, 0.3) is 0 Å². The van der Waals surface area contributed by atoms with Gasteiger partial charge in [0.2, 0.25) is 0 Å². The van der Waals surface area contributed by atoms with Gasteiger partial charge in [-0.05, 0) is 29.1 Å². The Morgan fingerprint density at radius 3 is 2.59 bits per heavy atom. The third-order valence-electron chi connectivity index (χ3n) is 4.47. The Hall–Kier alpha value is -2.33. The van der Waals surface area contributed by atoms with Gasteiger partial charge >= 0.3 is 0 Å². The van der Waals surface area contributed by atoms with E-state index >= 15 is 0 Å². The number of fused-ring (bicyclic) bond motifs is 1. The normalized spacial score (nSPS) is 16.3. The second-order valence-corrected chi connectivity index (χ2v) is 5.83. The topological polar surface area (TPSA) is 35.2 Å². The largest absolute Gasteiger partial charge is 0.369 e. The number of rotatable bonds is 3. The highest BCUT2D eigenvalue weighted by Crippen LogP contribution is 2.20. The summed E-state index contributed by atoms with van der Waals surface area (Å²) in [6, 6.07) is 12.9. The quantitative estimate of drug-likeness (QED) is 0.806. The predicted molar refractivity (Wildman–Crippen MR) is 90.0 cm³/mol. The minimum Gasteiger partial charge on any atom is -0.369 e. The van der Waals surface area contributed by atoms with E-state index in [1.54, 1.807) is 0 Å². The number of hydrogen-bond acceptors (Lipinski definition) is 3. The standard InChI is InChI=1S/C18H20N4/c1-2-15-4-9-20-18(15)16(3-1)14-21-10-12-22(13-11-21)17-5-7-19-8-6-17/h1-9,20H,10-14H2. The van der Waals surface area contributed by atoms with Crippen LogP contribution < -0.4 is 4.90 Å². The van der Waals surface area contributed by atoms with Crippen LogP contribution in [0.5, 0.6) is 0 Å². The van der Waals surface area contributed by atoms with E-state index in [1.165, 1.54) is 22.2 Å². The molecule has 4 heteroatoms. The number of anilines is 1. The highest BCUT2D eigenvalue weighted by molar-refractivity contribution is 5.82. The average Bonchev–Trinajstić information content (AvgIpc) is 3.06. The van der Waals surface area contributed by atoms with Crippen LogP contribution in [-0.4, -0.2) is 41.0 Å². The molecule has 0 amide bonds. The first-order valence-electron chi connectivity index (χ1n) is 7.82. The number of aromatic amines is 1. The van der Waals surface area contributed by atoms with Crippen molar-refractivity contribution in [2.45, 2.75) is 6.54 Å². The van der Waals surface area contributed by atoms with Crippen molar-refractivity contribution in [2.75, 3.05) is 31.1 Å². The van der Waals surface area contributed by atoms with Gasteiger partial charge in [-0.1, -0.05) is 18.2 Å². The molecule has 0 aliphatic carbocycles. The molecule has 1 N–H and O–H groups in total. The Morgan fingerprint density at radius 1 is 0.955 bits per heavy atom. The molecule has 22 heavy (non-hydrogen) atoms. The van der Waals surface area contributed by atoms with Crippen molar-refractivity contribution in [1.82, 2.24) is 14.9 Å². The number of nitrogens with zero attached hydrogens (tertiary/aromatic N) is 3. The van der Waals surface area contributed by atoms with Gasteiger partial charge in [0.15, 0.2) is 0 Å². The minimum atomic E-state index is 1.02. The molecule has 0 radical (unpaired) electrons. The lowest BCUT2D eigenvalue weighted by atomic mass is 10.1. The molecule has 0 atom stereocenters. The van der Waals surface area contributed by atoms with Gasteiger partial charge in [0.1, 0.15) is 0 Å². The Balaban J connectivity index is 1.43. The first kappa shape index (κ1) is 13.3. The zero-order valence-electron chi connectivity index (χ0n) is 12.6. The molecule has 3 heterocycles. The Kier molecular flexibility index (Phi) is 3.52. The van der Waals surface area contributed by atoms with E-state index in [4.69, 9.17) is 0 Å². The summed E-state index contributed by atoms with van der Waals surface area (Å²) in [5, 5.41) is 1.30. The second-order valence-electron chi connectivity index (χ2n) is 5.83. The van der Waals surface area contributed by atoms with Crippen LogP contribution in [0.1, 0.15) is 5.56 Å². The van der Waals surface area contributed by atoms with Crippen molar-refractivity contribution in [3.63, 3.8) is 0 Å². The summed E-state index contributed by atoms with van der Waals surface area (Å²) >= 11 is 0. The summed E-state index contributed by atoms with van der Waals surface area (Å²) in [4.78, 5) is 12.4. The number of H-pyrrole nitrogens is 1. The van der Waals surface area contributed by atoms with E-state index in [1.807, 2.05) is 18.6 Å². The summed E-state index contributed by atoms with van der Waals surface area (Å²) in [5.74, 6) is 0. The Bertz CT molecular complexity index is 742. The molecule has 0 spiro atoms. The van der Waals surface area contributed by atoms with Gasteiger partial charge in [-0.3, -0.25) is 9.88 Å². The molecule has 4 nitrogen and oxygen atoms in total. The molecule has 0 saturated carbocycles. The van der Waals surface area contributed by atoms with Gasteiger partial charge in [-0.2, -0.15) is 0 Å². The third-order valence-corrected chi connectivity index (χ3v) is 4.47. The molecule has 3 aromatic rings. The Labute approximate surface area is 130 Å². The highest BCUT2D eigenvalue weighted by atomic mass is 15.3. The number of nitrogens with one attached hydrogen (secondary N) is 1. The first-order chi connectivity index (χ1) is 10.9. The van der Waals surface area contributed by atoms with Gasteiger partial charge in [0.05, 0.1) is 0 Å². The molecular formula is C18H20N4. The van der Waals surface area contributed by atoms with E-state index in [0.717, 1.165) is 32.7 Å². The number of benzene rings is 1. The average molecular weight is 292 g/mol. The Morgan fingerprint density at radius 2 is 1.77 bits per heavy atom. The van der Waals surface area contributed by atoms with Crippen LogP contribution in [0.15, 0.2) is 55.0 Å². The number of para-hydroxylation sites is 1. The number of pyridine rings is 1. The summed E-state index contributed by atoms with van der Waals surface area (Å²) in [6.07, 6.45) is 5.76. The van der Waals surface area contributed by atoms with E-state index in [-0.39, 0.29) is 0 Å². The van der Waals surface area contributed by atoms with Crippen molar-refractivity contribution in [2.24, 2.45) is 0 Å². The molecule has 1 aliphatic rings. The molecule has 112 valence electrons. The van der Waals surface area contributed by atoms with E-state index in [2.05, 4.69) is 56.2 Å². The zero-order valence-corrected chi connectivity index (χ0v) is 12.6. The number of piperazine rings is 1. The van der Waals surface area contributed by atoms with Crippen LogP contribution >= 0.6 is 0 Å². The van der Waals surface area contributed by atoms with Crippen LogP contribution in [0.3, 0.4) is 0 Å². The fraction of sp³-hybridized carbons (Fsp3) is 0.278. The van der Waals surface area contributed by atoms with Crippen molar-refractivity contribution in [1.29, 1.82) is 0 Å². The van der Waals surface area contributed by atoms with E-state index in [9.17, 15) is 0 Å². The van der Waals surface area contributed by atoms with Crippen LogP contribution in [0.2, 0.25) is 0 Å². The molecule has 1 aromatic carbocycles. The number of hydrogen-bond donors (Lipinski definition) is 1. The van der Waals surface area contributed by atoms with Crippen LogP contribution in [0, 0.1) is 0 Å².